The monoisotopic (exact) mass is 287 g/mol. The van der Waals surface area contributed by atoms with Gasteiger partial charge in [-0.2, -0.15) is 0 Å². The van der Waals surface area contributed by atoms with Crippen LogP contribution in [0, 0.1) is 6.92 Å². The van der Waals surface area contributed by atoms with Crippen LogP contribution in [0.2, 0.25) is 0 Å². The zero-order chi connectivity index (χ0) is 14.8. The van der Waals surface area contributed by atoms with Gasteiger partial charge in [0.2, 0.25) is 0 Å². The smallest absolute Gasteiger partial charge is 0.0673 e. The maximum Gasteiger partial charge on any atom is 0.0673 e. The Morgan fingerprint density at radius 3 is 2.20 bits per heavy atom. The summed E-state index contributed by atoms with van der Waals surface area (Å²) in [6.45, 7) is 12.1. The zero-order valence-electron chi connectivity index (χ0n) is 13.2. The number of rotatable bonds is 4. The molecular weight excluding hydrogens is 262 g/mol. The molecule has 20 heavy (non-hydrogen) atoms. The van der Waals surface area contributed by atoms with Crippen molar-refractivity contribution in [3.8, 4) is 0 Å². The highest BCUT2D eigenvalue weighted by molar-refractivity contribution is 7.10. The summed E-state index contributed by atoms with van der Waals surface area (Å²) in [4.78, 5) is 1.43. The van der Waals surface area contributed by atoms with Crippen molar-refractivity contribution in [2.45, 2.75) is 46.1 Å². The van der Waals surface area contributed by atoms with Crippen LogP contribution in [0.3, 0.4) is 0 Å². The Balaban J connectivity index is 2.33. The Labute approximate surface area is 127 Å². The maximum atomic E-state index is 3.61. The lowest BCUT2D eigenvalue weighted by molar-refractivity contribution is 0.588. The van der Waals surface area contributed by atoms with Gasteiger partial charge in [0.15, 0.2) is 0 Å². The number of aryl methyl sites for hydroxylation is 1. The van der Waals surface area contributed by atoms with E-state index in [0.29, 0.717) is 6.04 Å². The fourth-order valence-corrected chi connectivity index (χ4v) is 3.45. The van der Waals surface area contributed by atoms with Gasteiger partial charge in [-0.3, -0.25) is 0 Å². The molecule has 1 N–H and O–H groups in total. The molecule has 0 fully saturated rings. The molecule has 1 aromatic heterocycles. The third-order valence-electron chi connectivity index (χ3n) is 3.68. The van der Waals surface area contributed by atoms with E-state index in [2.05, 4.69) is 75.6 Å². The highest BCUT2D eigenvalue weighted by Gasteiger charge is 2.18. The van der Waals surface area contributed by atoms with Gasteiger partial charge in [-0.15, -0.1) is 11.3 Å². The molecule has 1 aromatic carbocycles. The molecular formula is C18H25NS. The topological polar surface area (TPSA) is 12.0 Å². The number of hydrogen-bond donors (Lipinski definition) is 1. The molecule has 2 heteroatoms. The molecule has 0 spiro atoms. The van der Waals surface area contributed by atoms with E-state index in [1.54, 1.807) is 0 Å². The maximum absolute atomic E-state index is 3.61. The van der Waals surface area contributed by atoms with E-state index in [9.17, 15) is 0 Å². The van der Waals surface area contributed by atoms with Crippen molar-refractivity contribution in [1.29, 1.82) is 0 Å². The molecule has 0 aliphatic rings. The van der Waals surface area contributed by atoms with Crippen LogP contribution in [0.4, 0.5) is 0 Å². The lowest BCUT2D eigenvalue weighted by Gasteiger charge is -2.22. The summed E-state index contributed by atoms with van der Waals surface area (Å²) < 4.78 is 0. The first-order valence-corrected chi connectivity index (χ1v) is 8.19. The van der Waals surface area contributed by atoms with Crippen LogP contribution >= 0.6 is 11.3 Å². The van der Waals surface area contributed by atoms with Crippen molar-refractivity contribution < 1.29 is 0 Å². The molecule has 2 rings (SSSR count). The van der Waals surface area contributed by atoms with Gasteiger partial charge in [0.25, 0.3) is 0 Å². The summed E-state index contributed by atoms with van der Waals surface area (Å²) >= 11 is 1.84. The quantitative estimate of drug-likeness (QED) is 0.829. The predicted octanol–water partition coefficient (Wildman–Crippen LogP) is 5.05. The summed E-state index contributed by atoms with van der Waals surface area (Å²) in [7, 11) is 0. The van der Waals surface area contributed by atoms with E-state index in [1.165, 1.54) is 21.6 Å². The van der Waals surface area contributed by atoms with Gasteiger partial charge < -0.3 is 5.32 Å². The van der Waals surface area contributed by atoms with Crippen molar-refractivity contribution in [1.82, 2.24) is 5.32 Å². The van der Waals surface area contributed by atoms with E-state index < -0.39 is 0 Å². The highest BCUT2D eigenvalue weighted by atomic mass is 32.1. The van der Waals surface area contributed by atoms with Gasteiger partial charge in [-0.1, -0.05) is 52.0 Å². The van der Waals surface area contributed by atoms with Crippen LogP contribution in [-0.4, -0.2) is 6.54 Å². The van der Waals surface area contributed by atoms with E-state index >= 15 is 0 Å². The summed E-state index contributed by atoms with van der Waals surface area (Å²) in [5, 5.41) is 5.79. The summed E-state index contributed by atoms with van der Waals surface area (Å²) in [5.74, 6) is 0. The summed E-state index contributed by atoms with van der Waals surface area (Å²) in [6.07, 6.45) is 0. The minimum absolute atomic E-state index is 0.213. The van der Waals surface area contributed by atoms with Gasteiger partial charge in [-0.05, 0) is 47.0 Å². The van der Waals surface area contributed by atoms with Gasteiger partial charge in [0, 0.05) is 4.88 Å². The molecule has 0 aliphatic heterocycles. The number of thiophene rings is 1. The molecule has 0 saturated heterocycles. The molecule has 1 nitrogen and oxygen atoms in total. The van der Waals surface area contributed by atoms with Crippen molar-refractivity contribution in [3.63, 3.8) is 0 Å². The highest BCUT2D eigenvalue weighted by Crippen LogP contribution is 2.31. The van der Waals surface area contributed by atoms with Crippen LogP contribution in [0.25, 0.3) is 0 Å². The average molecular weight is 287 g/mol. The van der Waals surface area contributed by atoms with Crippen LogP contribution < -0.4 is 5.32 Å². The minimum Gasteiger partial charge on any atom is -0.306 e. The molecule has 2 aromatic rings. The van der Waals surface area contributed by atoms with E-state index in [-0.39, 0.29) is 5.41 Å². The van der Waals surface area contributed by atoms with Crippen molar-refractivity contribution in [2.75, 3.05) is 6.54 Å². The number of nitrogens with one attached hydrogen (secondary N) is 1. The van der Waals surface area contributed by atoms with Gasteiger partial charge in [0.1, 0.15) is 0 Å². The second-order valence-electron chi connectivity index (χ2n) is 6.33. The van der Waals surface area contributed by atoms with E-state index in [1.807, 2.05) is 11.3 Å². The second kappa shape index (κ2) is 6.11. The summed E-state index contributed by atoms with van der Waals surface area (Å²) in [5.41, 5.74) is 4.33. The minimum atomic E-state index is 0.213. The Morgan fingerprint density at radius 1 is 1.10 bits per heavy atom. The van der Waals surface area contributed by atoms with Crippen molar-refractivity contribution in [2.24, 2.45) is 0 Å². The van der Waals surface area contributed by atoms with Crippen molar-refractivity contribution >= 4 is 11.3 Å². The van der Waals surface area contributed by atoms with E-state index in [4.69, 9.17) is 0 Å². The first kappa shape index (κ1) is 15.3. The Hall–Kier alpha value is -1.12. The molecule has 0 amide bonds. The third-order valence-corrected chi connectivity index (χ3v) is 4.77. The molecule has 1 heterocycles. The number of hydrogen-bond acceptors (Lipinski definition) is 2. The largest absolute Gasteiger partial charge is 0.306 e. The Kier molecular flexibility index (Phi) is 4.66. The normalized spacial score (nSPS) is 13.4. The zero-order valence-corrected chi connectivity index (χ0v) is 14.0. The number of benzene rings is 1. The Bertz CT molecular complexity index is 546. The first-order valence-electron chi connectivity index (χ1n) is 7.31. The lowest BCUT2D eigenvalue weighted by atomic mass is 9.86. The van der Waals surface area contributed by atoms with Gasteiger partial charge in [-0.25, -0.2) is 0 Å². The average Bonchev–Trinajstić information content (AvgIpc) is 2.81. The third kappa shape index (κ3) is 3.31. The summed E-state index contributed by atoms with van der Waals surface area (Å²) in [6, 6.07) is 11.6. The SMILES string of the molecule is CCNC(c1ccc(C(C)(C)C)cc1)c1sccc1C. The van der Waals surface area contributed by atoms with Crippen LogP contribution in [0.15, 0.2) is 35.7 Å². The van der Waals surface area contributed by atoms with Crippen LogP contribution in [-0.2, 0) is 5.41 Å². The molecule has 0 radical (unpaired) electrons. The fourth-order valence-electron chi connectivity index (χ4n) is 2.42. The molecule has 0 bridgehead atoms. The van der Waals surface area contributed by atoms with Crippen LogP contribution in [0.1, 0.15) is 55.3 Å². The fraction of sp³-hybridized carbons (Fsp3) is 0.444. The Morgan fingerprint density at radius 2 is 1.75 bits per heavy atom. The van der Waals surface area contributed by atoms with E-state index in [0.717, 1.165) is 6.54 Å². The van der Waals surface area contributed by atoms with Crippen LogP contribution in [0.5, 0.6) is 0 Å². The first-order chi connectivity index (χ1) is 9.43. The van der Waals surface area contributed by atoms with Crippen molar-refractivity contribution in [3.05, 3.63) is 57.3 Å². The second-order valence-corrected chi connectivity index (χ2v) is 7.28. The van der Waals surface area contributed by atoms with Gasteiger partial charge in [0.05, 0.1) is 6.04 Å². The molecule has 108 valence electrons. The lowest BCUT2D eigenvalue weighted by Crippen LogP contribution is -2.22. The molecule has 1 atom stereocenters. The molecule has 0 aliphatic carbocycles. The predicted molar refractivity (Wildman–Crippen MR) is 89.7 cm³/mol. The molecule has 0 saturated carbocycles. The standard InChI is InChI=1S/C18H25NS/c1-6-19-16(17-13(2)11-12-20-17)14-7-9-15(10-8-14)18(3,4)5/h7-12,16,19H,6H2,1-5H3. The van der Waals surface area contributed by atoms with Gasteiger partial charge >= 0.3 is 0 Å². The molecule has 1 unspecified atom stereocenters.